The van der Waals surface area contributed by atoms with Crippen LogP contribution in [0.15, 0.2) is 0 Å². The fourth-order valence-electron chi connectivity index (χ4n) is 8.74. The van der Waals surface area contributed by atoms with Gasteiger partial charge in [0, 0.05) is 0 Å². The van der Waals surface area contributed by atoms with Crippen LogP contribution < -0.4 is 9.77 Å². The van der Waals surface area contributed by atoms with Gasteiger partial charge >= 0.3 is 0 Å². The maximum Gasteiger partial charge on any atom is 0.236 e. The van der Waals surface area contributed by atoms with Gasteiger partial charge in [-0.3, -0.25) is 0 Å². The van der Waals surface area contributed by atoms with Gasteiger partial charge in [0.2, 0.25) is 20.0 Å². The van der Waals surface area contributed by atoms with Crippen LogP contribution in [0.4, 0.5) is 0 Å². The molecule has 0 aromatic carbocycles. The Hall–Kier alpha value is -0.260. The summed E-state index contributed by atoms with van der Waals surface area (Å²) in [4.78, 5) is 3.09. The van der Waals surface area contributed by atoms with E-state index in [2.05, 4.69) is 27.7 Å². The van der Waals surface area contributed by atoms with Crippen molar-refractivity contribution in [2.24, 2.45) is 46.3 Å². The lowest BCUT2D eigenvalue weighted by Crippen LogP contribution is -2.45. The van der Waals surface area contributed by atoms with Gasteiger partial charge in [0.25, 0.3) is 0 Å². The van der Waals surface area contributed by atoms with Gasteiger partial charge in [-0.15, -0.1) is 0 Å². The molecule has 0 amide bonds. The van der Waals surface area contributed by atoms with Crippen molar-refractivity contribution in [2.75, 3.05) is 0 Å². The Labute approximate surface area is 180 Å². The SMILES string of the molecule is CC1(C)C2CCC(S(=O)(=O)NO)CC2C2C1C1CC(S(=O)(=O)NO)CCC1C2(C)C. The van der Waals surface area contributed by atoms with Crippen LogP contribution >= 0.6 is 0 Å². The lowest BCUT2D eigenvalue weighted by molar-refractivity contribution is 0.0485. The quantitative estimate of drug-likeness (QED) is 0.473. The number of rotatable bonds is 4. The molecule has 8 nitrogen and oxygen atoms in total. The lowest BCUT2D eigenvalue weighted by Gasteiger charge is -2.46. The summed E-state index contributed by atoms with van der Waals surface area (Å²) in [6, 6.07) is 0. The summed E-state index contributed by atoms with van der Waals surface area (Å²) in [6.07, 6.45) is 3.80. The van der Waals surface area contributed by atoms with Crippen LogP contribution in [0.1, 0.15) is 66.2 Å². The van der Waals surface area contributed by atoms with E-state index in [1.165, 1.54) is 0 Å². The Balaban J connectivity index is 1.71. The third kappa shape index (κ3) is 3.12. The molecule has 4 fully saturated rings. The highest BCUT2D eigenvalue weighted by molar-refractivity contribution is 7.90. The van der Waals surface area contributed by atoms with Gasteiger partial charge in [-0.05, 0) is 84.9 Å². The van der Waals surface area contributed by atoms with E-state index in [0.29, 0.717) is 49.4 Å². The van der Waals surface area contributed by atoms with E-state index in [0.717, 1.165) is 12.8 Å². The Morgan fingerprint density at radius 2 is 1.00 bits per heavy atom. The van der Waals surface area contributed by atoms with Gasteiger partial charge in [0.1, 0.15) is 0 Å². The van der Waals surface area contributed by atoms with Gasteiger partial charge in [-0.1, -0.05) is 37.5 Å². The van der Waals surface area contributed by atoms with Gasteiger partial charge in [-0.25, -0.2) is 16.8 Å². The van der Waals surface area contributed by atoms with Crippen molar-refractivity contribution in [1.82, 2.24) is 9.77 Å². The van der Waals surface area contributed by atoms with Crippen molar-refractivity contribution in [1.29, 1.82) is 0 Å². The molecule has 30 heavy (non-hydrogen) atoms. The van der Waals surface area contributed by atoms with E-state index < -0.39 is 30.5 Å². The van der Waals surface area contributed by atoms with Crippen molar-refractivity contribution in [3.63, 3.8) is 0 Å². The normalized spacial score (nSPS) is 44.9. The van der Waals surface area contributed by atoms with Gasteiger partial charge in [-0.2, -0.15) is 0 Å². The summed E-state index contributed by atoms with van der Waals surface area (Å²) in [5.41, 5.74) is -0.0165. The second-order valence-electron chi connectivity index (χ2n) is 11.4. The molecule has 0 heterocycles. The fraction of sp³-hybridized carbons (Fsp3) is 1.00. The molecule has 8 atom stereocenters. The molecule has 4 rings (SSSR count). The average molecular weight is 465 g/mol. The number of fused-ring (bicyclic) bond motifs is 5. The highest BCUT2D eigenvalue weighted by atomic mass is 32.2. The largest absolute Gasteiger partial charge is 0.302 e. The van der Waals surface area contributed by atoms with Crippen LogP contribution in [-0.4, -0.2) is 37.7 Å². The molecule has 4 aliphatic rings. The number of hydrogen-bond acceptors (Lipinski definition) is 6. The first-order valence-corrected chi connectivity index (χ1v) is 14.2. The molecule has 0 spiro atoms. The molecule has 0 saturated heterocycles. The van der Waals surface area contributed by atoms with Crippen LogP contribution in [0.3, 0.4) is 0 Å². The van der Waals surface area contributed by atoms with E-state index in [4.69, 9.17) is 10.4 Å². The summed E-state index contributed by atoms with van der Waals surface area (Å²) in [5.74, 6) is 1.94. The summed E-state index contributed by atoms with van der Waals surface area (Å²) in [6.45, 7) is 9.15. The first-order valence-electron chi connectivity index (χ1n) is 11.1. The molecule has 10 heteroatoms. The smallest absolute Gasteiger partial charge is 0.236 e. The Morgan fingerprint density at radius 1 is 0.667 bits per heavy atom. The molecule has 0 aromatic heterocycles. The van der Waals surface area contributed by atoms with E-state index in [1.807, 2.05) is 0 Å². The first-order chi connectivity index (χ1) is 13.8. The summed E-state index contributed by atoms with van der Waals surface area (Å²) in [5, 5.41) is 17.2. The summed E-state index contributed by atoms with van der Waals surface area (Å²) >= 11 is 0. The predicted molar refractivity (Wildman–Crippen MR) is 111 cm³/mol. The maximum absolute atomic E-state index is 12.3. The standard InChI is InChI=1S/C20H36N2O6S2/c1-19(2)15-7-5-11(29(25,26)21-23)9-13(15)18-17(19)14-10-12(30(27,28)22-24)6-8-16(14)20(18,3)4/h11-18,21-24H,5-10H2,1-4H3. The van der Waals surface area contributed by atoms with Crippen LogP contribution in [0.25, 0.3) is 0 Å². The molecule has 0 aliphatic heterocycles. The number of sulfonamides is 2. The zero-order chi connectivity index (χ0) is 22.3. The van der Waals surface area contributed by atoms with E-state index in [-0.39, 0.29) is 22.7 Å². The van der Waals surface area contributed by atoms with Crippen molar-refractivity contribution in [2.45, 2.75) is 76.7 Å². The Bertz CT molecular complexity index is 826. The topological polar surface area (TPSA) is 133 Å². The Morgan fingerprint density at radius 3 is 1.30 bits per heavy atom. The second kappa shape index (κ2) is 7.12. The molecule has 4 saturated carbocycles. The minimum Gasteiger partial charge on any atom is -0.302 e. The molecular weight excluding hydrogens is 428 g/mol. The maximum atomic E-state index is 12.3. The minimum absolute atomic E-state index is 0.00824. The fourth-order valence-corrected chi connectivity index (χ4v) is 10.9. The Kier molecular flexibility index (Phi) is 5.44. The van der Waals surface area contributed by atoms with Crippen LogP contribution in [0, 0.1) is 46.3 Å². The average Bonchev–Trinajstić information content (AvgIpc) is 3.09. The monoisotopic (exact) mass is 464 g/mol. The third-order valence-corrected chi connectivity index (χ3v) is 12.9. The number of nitrogens with one attached hydrogen (secondary N) is 2. The first kappa shape index (κ1) is 22.9. The van der Waals surface area contributed by atoms with Crippen LogP contribution in [0.5, 0.6) is 0 Å². The van der Waals surface area contributed by atoms with Crippen molar-refractivity contribution in [3.8, 4) is 0 Å². The summed E-state index contributed by atoms with van der Waals surface area (Å²) < 4.78 is 49.3. The van der Waals surface area contributed by atoms with Gasteiger partial charge < -0.3 is 10.4 Å². The lowest BCUT2D eigenvalue weighted by atomic mass is 9.60. The van der Waals surface area contributed by atoms with E-state index in [1.54, 1.807) is 9.77 Å². The van der Waals surface area contributed by atoms with E-state index >= 15 is 0 Å². The number of hydrogen-bond donors (Lipinski definition) is 4. The second-order valence-corrected chi connectivity index (χ2v) is 15.3. The highest BCUT2D eigenvalue weighted by Crippen LogP contribution is 2.74. The molecule has 0 radical (unpaired) electrons. The molecule has 174 valence electrons. The zero-order valence-electron chi connectivity index (χ0n) is 18.2. The van der Waals surface area contributed by atoms with Crippen molar-refractivity contribution in [3.05, 3.63) is 0 Å². The zero-order valence-corrected chi connectivity index (χ0v) is 19.8. The van der Waals surface area contributed by atoms with Crippen molar-refractivity contribution >= 4 is 20.0 Å². The van der Waals surface area contributed by atoms with Crippen molar-refractivity contribution < 1.29 is 27.3 Å². The van der Waals surface area contributed by atoms with Crippen LogP contribution in [0.2, 0.25) is 0 Å². The molecule has 4 N–H and O–H groups in total. The molecular formula is C20H36N2O6S2. The molecule has 0 bridgehead atoms. The molecule has 0 aromatic rings. The van der Waals surface area contributed by atoms with Gasteiger partial charge in [0.15, 0.2) is 0 Å². The van der Waals surface area contributed by atoms with Gasteiger partial charge in [0.05, 0.1) is 10.5 Å². The summed E-state index contributed by atoms with van der Waals surface area (Å²) in [7, 11) is -7.46. The van der Waals surface area contributed by atoms with E-state index in [9.17, 15) is 16.8 Å². The highest BCUT2D eigenvalue weighted by Gasteiger charge is 2.69. The molecule has 4 aliphatic carbocycles. The third-order valence-electron chi connectivity index (χ3n) is 9.77. The molecule has 8 unspecified atom stereocenters. The minimum atomic E-state index is -3.73. The predicted octanol–water partition coefficient (Wildman–Crippen LogP) is 2.49. The van der Waals surface area contributed by atoms with Crippen LogP contribution in [-0.2, 0) is 20.0 Å².